The molecule has 0 aliphatic rings. The van der Waals surface area contributed by atoms with Gasteiger partial charge in [0.1, 0.15) is 0 Å². The average Bonchev–Trinajstić information content (AvgIpc) is 0. The van der Waals surface area contributed by atoms with Crippen LogP contribution in [-0.4, -0.2) is 23.1 Å². The van der Waals surface area contributed by atoms with Gasteiger partial charge in [-0.05, 0) is 0 Å². The van der Waals surface area contributed by atoms with Gasteiger partial charge in [-0.25, -0.2) is 0 Å². The predicted octanol–water partition coefficient (Wildman–Crippen LogP) is -6.38. The van der Waals surface area contributed by atoms with Gasteiger partial charge in [-0.3, -0.25) is 0 Å². The summed E-state index contributed by atoms with van der Waals surface area (Å²) >= 11 is 0. The Morgan fingerprint density at radius 3 is 0.750 bits per heavy atom. The zero-order valence-electron chi connectivity index (χ0n) is 1.82. The van der Waals surface area contributed by atoms with Crippen molar-refractivity contribution in [2.45, 2.75) is 0 Å². The van der Waals surface area contributed by atoms with Gasteiger partial charge in [-0.15, -0.1) is 0 Å². The first-order chi connectivity index (χ1) is 0. The van der Waals surface area contributed by atoms with E-state index in [-0.39, 0.29) is 64.9 Å². The van der Waals surface area contributed by atoms with Gasteiger partial charge in [0.2, 0.25) is 0 Å². The van der Waals surface area contributed by atoms with Crippen LogP contribution in [0.4, 0.5) is 0 Å². The summed E-state index contributed by atoms with van der Waals surface area (Å²) in [6, 6.07) is 0. The van der Waals surface area contributed by atoms with Crippen LogP contribution in [0.5, 0.6) is 0 Å². The van der Waals surface area contributed by atoms with Crippen LogP contribution in [0.3, 0.4) is 0 Å². The summed E-state index contributed by atoms with van der Waals surface area (Å²) in [5, 5.41) is 0. The Hall–Kier alpha value is 1.87. The van der Waals surface area contributed by atoms with Crippen molar-refractivity contribution in [2.75, 3.05) is 0 Å². The predicted molar refractivity (Wildman–Crippen MR) is 5.75 cm³/mol. The monoisotopic (exact) mass is 150 g/mol. The summed E-state index contributed by atoms with van der Waals surface area (Å²) in [6.45, 7) is 0. The Morgan fingerprint density at radius 2 is 0.750 bits per heavy atom. The summed E-state index contributed by atoms with van der Waals surface area (Å²) in [4.78, 5) is 0. The summed E-state index contributed by atoms with van der Waals surface area (Å²) < 4.78 is 0. The van der Waals surface area contributed by atoms with E-state index in [4.69, 9.17) is 0 Å². The van der Waals surface area contributed by atoms with Gasteiger partial charge in [0, 0.05) is 0 Å². The molecule has 0 aliphatic heterocycles. The largest absolute Gasteiger partial charge is 3.00 e. The van der Waals surface area contributed by atoms with Gasteiger partial charge in [0.25, 0.3) is 0 Å². The van der Waals surface area contributed by atoms with Crippen molar-refractivity contribution in [2.24, 2.45) is 0 Å². The van der Waals surface area contributed by atoms with E-state index in [0.29, 0.717) is 0 Å². The third kappa shape index (κ3) is 9.12. The van der Waals surface area contributed by atoms with E-state index < -0.39 is 0 Å². The first kappa shape index (κ1) is 39.9. The molecule has 0 aromatic carbocycles. The second-order valence-corrected chi connectivity index (χ2v) is 0. The Kier molecular flexibility index (Phi) is 208. The van der Waals surface area contributed by atoms with Crippen LogP contribution >= 0.6 is 0 Å². The standard InChI is InChI=1S/2ClH.Fe.Mg/h2*1H;;/q;;+3;+2/p-2. The van der Waals surface area contributed by atoms with Crippen molar-refractivity contribution in [1.82, 2.24) is 0 Å². The molecule has 1 radical (unpaired) electrons. The molecule has 0 heterocycles. The summed E-state index contributed by atoms with van der Waals surface area (Å²) in [5.74, 6) is 0. The fourth-order valence-corrected chi connectivity index (χ4v) is 0. The molecule has 0 nitrogen and oxygen atoms in total. The molecule has 0 rings (SSSR count). The number of rotatable bonds is 0. The first-order valence-electron chi connectivity index (χ1n) is 0. The van der Waals surface area contributed by atoms with E-state index in [2.05, 4.69) is 0 Å². The summed E-state index contributed by atoms with van der Waals surface area (Å²) in [7, 11) is 0. The quantitative estimate of drug-likeness (QED) is 0.302. The van der Waals surface area contributed by atoms with E-state index in [1.54, 1.807) is 0 Å². The van der Waals surface area contributed by atoms with Crippen LogP contribution in [0.15, 0.2) is 0 Å². The molecule has 0 spiro atoms. The zero-order valence-corrected chi connectivity index (χ0v) is 5.85. The van der Waals surface area contributed by atoms with Gasteiger partial charge in [-0.1, -0.05) is 0 Å². The maximum absolute atomic E-state index is 0. The fraction of sp³-hybridized carbons (Fsp3) is 0. The van der Waals surface area contributed by atoms with Crippen molar-refractivity contribution in [3.63, 3.8) is 0 Å². The Balaban J connectivity index is 0. The van der Waals surface area contributed by atoms with Crippen molar-refractivity contribution < 1.29 is 41.9 Å². The van der Waals surface area contributed by atoms with Gasteiger partial charge >= 0.3 is 40.1 Å². The van der Waals surface area contributed by atoms with Crippen molar-refractivity contribution in [3.8, 4) is 0 Å². The molecule has 0 fully saturated rings. The van der Waals surface area contributed by atoms with Crippen LogP contribution in [0.2, 0.25) is 0 Å². The minimum Gasteiger partial charge on any atom is -1.00 e. The first-order valence-corrected chi connectivity index (χ1v) is 0. The smallest absolute Gasteiger partial charge is 1.00 e. The molecular weight excluding hydrogens is 151 g/mol. The SMILES string of the molecule is [Cl-].[Cl-].[Fe+3].[Mg+2]. The molecule has 0 saturated heterocycles. The van der Waals surface area contributed by atoms with Gasteiger partial charge in [-0.2, -0.15) is 0 Å². The second-order valence-electron chi connectivity index (χ2n) is 0. The minimum atomic E-state index is 0. The Bertz CT molecular complexity index is 6.00. The molecule has 0 aromatic heterocycles. The number of hydrogen-bond acceptors (Lipinski definition) is 0. The van der Waals surface area contributed by atoms with E-state index in [9.17, 15) is 0 Å². The molecule has 0 aromatic rings. The summed E-state index contributed by atoms with van der Waals surface area (Å²) in [5.41, 5.74) is 0. The molecular formula is Cl2FeMg+3. The van der Waals surface area contributed by atoms with Crippen LogP contribution in [0.1, 0.15) is 0 Å². The molecule has 4 heteroatoms. The van der Waals surface area contributed by atoms with E-state index in [0.717, 1.165) is 0 Å². The molecule has 0 bridgehead atoms. The average molecular weight is 151 g/mol. The van der Waals surface area contributed by atoms with Crippen molar-refractivity contribution in [1.29, 1.82) is 0 Å². The van der Waals surface area contributed by atoms with E-state index >= 15 is 0 Å². The van der Waals surface area contributed by atoms with Gasteiger partial charge in [0.15, 0.2) is 0 Å². The van der Waals surface area contributed by atoms with Crippen LogP contribution in [-0.2, 0) is 17.1 Å². The Morgan fingerprint density at radius 1 is 0.750 bits per heavy atom. The number of hydrogen-bond donors (Lipinski definition) is 0. The molecule has 4 heavy (non-hydrogen) atoms. The Labute approximate surface area is 64.5 Å². The van der Waals surface area contributed by atoms with Crippen molar-refractivity contribution in [3.05, 3.63) is 0 Å². The second kappa shape index (κ2) is 20.9. The van der Waals surface area contributed by atoms with Crippen molar-refractivity contribution >= 4 is 23.1 Å². The third-order valence-corrected chi connectivity index (χ3v) is 0. The zero-order chi connectivity index (χ0) is 0. The fourth-order valence-electron chi connectivity index (χ4n) is 0. The topological polar surface area (TPSA) is 0 Å². The molecule has 0 unspecified atom stereocenters. The normalized spacial score (nSPS) is 0. The molecule has 21 valence electrons. The maximum atomic E-state index is 0. The third-order valence-electron chi connectivity index (χ3n) is 0. The van der Waals surface area contributed by atoms with Gasteiger partial charge < -0.3 is 24.8 Å². The molecule has 0 saturated carbocycles. The molecule has 0 N–H and O–H groups in total. The maximum Gasteiger partial charge on any atom is 3.00 e. The van der Waals surface area contributed by atoms with Crippen LogP contribution in [0.25, 0.3) is 0 Å². The molecule has 0 amide bonds. The van der Waals surface area contributed by atoms with Crippen LogP contribution < -0.4 is 24.8 Å². The minimum absolute atomic E-state index is 0. The van der Waals surface area contributed by atoms with Crippen LogP contribution in [0, 0.1) is 0 Å². The summed E-state index contributed by atoms with van der Waals surface area (Å²) in [6.07, 6.45) is 0. The van der Waals surface area contributed by atoms with E-state index in [1.807, 2.05) is 0 Å². The van der Waals surface area contributed by atoms with Gasteiger partial charge in [0.05, 0.1) is 0 Å². The molecule has 0 atom stereocenters. The van der Waals surface area contributed by atoms with E-state index in [1.165, 1.54) is 0 Å². The number of halogens is 2. The molecule has 0 aliphatic carbocycles.